The Morgan fingerprint density at radius 2 is 1.88 bits per heavy atom. The van der Waals surface area contributed by atoms with E-state index in [1.54, 1.807) is 6.07 Å². The second kappa shape index (κ2) is 7.64. The SMILES string of the molecule is Cc1ccc(NC(=O)[C@H](C)OC(=O)c2ccc([N+](=O)[O-])cc2N)c(C)c1. The Kier molecular flexibility index (Phi) is 5.56. The van der Waals surface area contributed by atoms with Crippen molar-refractivity contribution >= 4 is 28.9 Å². The van der Waals surface area contributed by atoms with Crippen molar-refractivity contribution in [1.29, 1.82) is 0 Å². The number of nitro benzene ring substituents is 1. The molecule has 0 spiro atoms. The molecule has 1 atom stereocenters. The molecule has 0 saturated heterocycles. The summed E-state index contributed by atoms with van der Waals surface area (Å²) >= 11 is 0. The molecule has 2 aromatic rings. The monoisotopic (exact) mass is 357 g/mol. The maximum absolute atomic E-state index is 12.2. The number of nitrogens with one attached hydrogen (secondary N) is 1. The number of hydrogen-bond acceptors (Lipinski definition) is 6. The van der Waals surface area contributed by atoms with Crippen molar-refractivity contribution in [3.05, 3.63) is 63.2 Å². The fraction of sp³-hybridized carbons (Fsp3) is 0.222. The first-order chi connectivity index (χ1) is 12.2. The Bertz CT molecular complexity index is 879. The number of rotatable bonds is 5. The molecule has 0 aromatic heterocycles. The number of nitrogen functional groups attached to an aromatic ring is 1. The first-order valence-electron chi connectivity index (χ1n) is 7.82. The number of nitrogens with zero attached hydrogens (tertiary/aromatic N) is 1. The number of nitrogens with two attached hydrogens (primary N) is 1. The Hall–Kier alpha value is -3.42. The molecule has 136 valence electrons. The third kappa shape index (κ3) is 4.35. The van der Waals surface area contributed by atoms with Crippen LogP contribution >= 0.6 is 0 Å². The number of ether oxygens (including phenoxy) is 1. The number of hydrogen-bond donors (Lipinski definition) is 2. The first-order valence-corrected chi connectivity index (χ1v) is 7.82. The third-order valence-electron chi connectivity index (χ3n) is 3.76. The van der Waals surface area contributed by atoms with E-state index in [0.29, 0.717) is 5.69 Å². The van der Waals surface area contributed by atoms with Crippen LogP contribution in [0.25, 0.3) is 0 Å². The zero-order valence-corrected chi connectivity index (χ0v) is 14.6. The number of nitro groups is 1. The van der Waals surface area contributed by atoms with Crippen LogP contribution in [0.2, 0.25) is 0 Å². The summed E-state index contributed by atoms with van der Waals surface area (Å²) in [5.74, 6) is -1.33. The molecular formula is C18H19N3O5. The van der Waals surface area contributed by atoms with E-state index in [1.807, 2.05) is 26.0 Å². The van der Waals surface area contributed by atoms with Crippen molar-refractivity contribution in [3.63, 3.8) is 0 Å². The van der Waals surface area contributed by atoms with Crippen LogP contribution < -0.4 is 11.1 Å². The molecule has 1 amide bonds. The van der Waals surface area contributed by atoms with Gasteiger partial charge in [0.05, 0.1) is 16.2 Å². The van der Waals surface area contributed by atoms with E-state index in [9.17, 15) is 19.7 Å². The number of benzene rings is 2. The second-order valence-corrected chi connectivity index (χ2v) is 5.88. The third-order valence-corrected chi connectivity index (χ3v) is 3.76. The van der Waals surface area contributed by atoms with Gasteiger partial charge in [-0.1, -0.05) is 17.7 Å². The summed E-state index contributed by atoms with van der Waals surface area (Å²) in [6.07, 6.45) is -1.07. The number of non-ortho nitro benzene ring substituents is 1. The molecule has 0 bridgehead atoms. The first kappa shape index (κ1) is 18.9. The zero-order valence-electron chi connectivity index (χ0n) is 14.6. The van der Waals surface area contributed by atoms with Gasteiger partial charge >= 0.3 is 5.97 Å². The van der Waals surface area contributed by atoms with Gasteiger partial charge in [0.15, 0.2) is 6.10 Å². The molecular weight excluding hydrogens is 338 g/mol. The van der Waals surface area contributed by atoms with E-state index < -0.39 is 22.9 Å². The van der Waals surface area contributed by atoms with E-state index in [-0.39, 0.29) is 16.9 Å². The van der Waals surface area contributed by atoms with Gasteiger partial charge in [0.1, 0.15) is 0 Å². The zero-order chi connectivity index (χ0) is 19.4. The van der Waals surface area contributed by atoms with Crippen LogP contribution in [0.15, 0.2) is 36.4 Å². The molecule has 8 nitrogen and oxygen atoms in total. The lowest BCUT2D eigenvalue weighted by molar-refractivity contribution is -0.384. The molecule has 0 aliphatic heterocycles. The van der Waals surface area contributed by atoms with Gasteiger partial charge in [-0.15, -0.1) is 0 Å². The minimum absolute atomic E-state index is 0.0400. The minimum atomic E-state index is -1.07. The highest BCUT2D eigenvalue weighted by molar-refractivity contribution is 5.99. The summed E-state index contributed by atoms with van der Waals surface area (Å²) in [5.41, 5.74) is 7.87. The lowest BCUT2D eigenvalue weighted by Crippen LogP contribution is -2.30. The molecule has 2 rings (SSSR count). The van der Waals surface area contributed by atoms with Crippen molar-refractivity contribution in [1.82, 2.24) is 0 Å². The molecule has 2 aromatic carbocycles. The van der Waals surface area contributed by atoms with Gasteiger partial charge in [-0.2, -0.15) is 0 Å². The van der Waals surface area contributed by atoms with Gasteiger partial charge in [-0.05, 0) is 38.5 Å². The predicted octanol–water partition coefficient (Wildman–Crippen LogP) is 2.98. The number of carbonyl (C=O) groups excluding carboxylic acids is 2. The highest BCUT2D eigenvalue weighted by Gasteiger charge is 2.22. The van der Waals surface area contributed by atoms with Crippen molar-refractivity contribution in [2.45, 2.75) is 26.9 Å². The van der Waals surface area contributed by atoms with Gasteiger partial charge in [-0.3, -0.25) is 14.9 Å². The molecule has 3 N–H and O–H groups in total. The number of aryl methyl sites for hydroxylation is 2. The summed E-state index contributed by atoms with van der Waals surface area (Å²) < 4.78 is 5.11. The van der Waals surface area contributed by atoms with E-state index in [0.717, 1.165) is 23.3 Å². The molecule has 0 radical (unpaired) electrons. The Morgan fingerprint density at radius 1 is 1.19 bits per heavy atom. The molecule has 0 heterocycles. The van der Waals surface area contributed by atoms with Gasteiger partial charge in [0.25, 0.3) is 11.6 Å². The van der Waals surface area contributed by atoms with Gasteiger partial charge in [0, 0.05) is 17.8 Å². The fourth-order valence-electron chi connectivity index (χ4n) is 2.32. The number of anilines is 2. The van der Waals surface area contributed by atoms with Crippen LogP contribution in [0, 0.1) is 24.0 Å². The van der Waals surface area contributed by atoms with Crippen LogP contribution in [0.1, 0.15) is 28.4 Å². The van der Waals surface area contributed by atoms with Crippen LogP contribution in [0.5, 0.6) is 0 Å². The van der Waals surface area contributed by atoms with E-state index >= 15 is 0 Å². The Morgan fingerprint density at radius 3 is 2.46 bits per heavy atom. The maximum atomic E-state index is 12.2. The molecule has 8 heteroatoms. The normalized spacial score (nSPS) is 11.5. The van der Waals surface area contributed by atoms with Gasteiger partial charge in [0.2, 0.25) is 0 Å². The average Bonchev–Trinajstić information content (AvgIpc) is 2.56. The van der Waals surface area contributed by atoms with Crippen LogP contribution in [-0.4, -0.2) is 22.9 Å². The maximum Gasteiger partial charge on any atom is 0.341 e. The van der Waals surface area contributed by atoms with Crippen LogP contribution in [-0.2, 0) is 9.53 Å². The number of carbonyl (C=O) groups is 2. The van der Waals surface area contributed by atoms with E-state index in [1.165, 1.54) is 13.0 Å². The average molecular weight is 357 g/mol. The summed E-state index contributed by atoms with van der Waals surface area (Å²) in [4.78, 5) is 34.5. The van der Waals surface area contributed by atoms with Crippen LogP contribution in [0.3, 0.4) is 0 Å². The summed E-state index contributed by atoms with van der Waals surface area (Å²) in [7, 11) is 0. The van der Waals surface area contributed by atoms with Crippen molar-refractivity contribution in [3.8, 4) is 0 Å². The molecule has 0 aliphatic rings. The quantitative estimate of drug-likeness (QED) is 0.367. The smallest absolute Gasteiger partial charge is 0.341 e. The Labute approximate surface area is 150 Å². The minimum Gasteiger partial charge on any atom is -0.449 e. The lowest BCUT2D eigenvalue weighted by Gasteiger charge is -2.15. The summed E-state index contributed by atoms with van der Waals surface area (Å²) in [6, 6.07) is 8.96. The highest BCUT2D eigenvalue weighted by atomic mass is 16.6. The van der Waals surface area contributed by atoms with Crippen LogP contribution in [0.4, 0.5) is 17.1 Å². The van der Waals surface area contributed by atoms with Crippen molar-refractivity contribution < 1.29 is 19.2 Å². The number of amides is 1. The molecule has 0 saturated carbocycles. The fourth-order valence-corrected chi connectivity index (χ4v) is 2.32. The standard InChI is InChI=1S/C18H19N3O5/c1-10-4-7-16(11(2)8-10)20-17(22)12(3)26-18(23)14-6-5-13(21(24)25)9-15(14)19/h4-9,12H,19H2,1-3H3,(H,20,22)/t12-/m0/s1. The topological polar surface area (TPSA) is 125 Å². The summed E-state index contributed by atoms with van der Waals surface area (Å²) in [6.45, 7) is 5.23. The summed E-state index contributed by atoms with van der Waals surface area (Å²) in [5, 5.41) is 13.4. The second-order valence-electron chi connectivity index (χ2n) is 5.88. The molecule has 0 unspecified atom stereocenters. The van der Waals surface area contributed by atoms with E-state index in [4.69, 9.17) is 10.5 Å². The molecule has 0 aliphatic carbocycles. The lowest BCUT2D eigenvalue weighted by atomic mass is 10.1. The van der Waals surface area contributed by atoms with Gasteiger partial charge in [-0.25, -0.2) is 4.79 Å². The van der Waals surface area contributed by atoms with Gasteiger partial charge < -0.3 is 15.8 Å². The highest BCUT2D eigenvalue weighted by Crippen LogP contribution is 2.21. The van der Waals surface area contributed by atoms with Crippen molar-refractivity contribution in [2.75, 3.05) is 11.1 Å². The van der Waals surface area contributed by atoms with E-state index in [2.05, 4.69) is 5.32 Å². The molecule has 0 fully saturated rings. The predicted molar refractivity (Wildman–Crippen MR) is 96.9 cm³/mol. The Balaban J connectivity index is 2.06. The largest absolute Gasteiger partial charge is 0.449 e. The molecule has 26 heavy (non-hydrogen) atoms. The van der Waals surface area contributed by atoms with Crippen molar-refractivity contribution in [2.24, 2.45) is 0 Å². The number of esters is 1.